The molecule has 2 heterocycles. The Morgan fingerprint density at radius 3 is 1.81 bits per heavy atom. The Bertz CT molecular complexity index is 913. The van der Waals surface area contributed by atoms with Crippen LogP contribution in [0.1, 0.15) is 22.8 Å². The number of ether oxygens (including phenoxy) is 2. The minimum Gasteiger partial charge on any atom is -0.466 e. The zero-order valence-electron chi connectivity index (χ0n) is 14.7. The number of hydrogen-bond acceptors (Lipinski definition) is 3. The van der Waals surface area contributed by atoms with Gasteiger partial charge in [0.1, 0.15) is 11.7 Å². The fourth-order valence-corrected chi connectivity index (χ4v) is 4.37. The quantitative estimate of drug-likeness (QED) is 0.745. The molecule has 0 unspecified atom stereocenters. The normalized spacial score (nSPS) is 25.9. The highest BCUT2D eigenvalue weighted by atomic mass is 16.7. The average molecular weight is 356 g/mol. The van der Waals surface area contributed by atoms with Gasteiger partial charge in [-0.25, -0.2) is 0 Å². The van der Waals surface area contributed by atoms with Crippen molar-refractivity contribution < 1.29 is 14.6 Å². The predicted molar refractivity (Wildman–Crippen MR) is 103 cm³/mol. The standard InChI is InChI=1S/C24H20O3/c25-22(18-10-4-1-5-11-18)24-21(16-17-26-24)23(27-24,19-12-6-2-7-13-19)20-14-8-3-9-15-20/h1-17,21-22,25H/t21-,22-,24-/m1/s1. The third-order valence-electron chi connectivity index (χ3n) is 5.62. The van der Waals surface area contributed by atoms with E-state index in [0.717, 1.165) is 16.7 Å². The second-order valence-corrected chi connectivity index (χ2v) is 7.03. The maximum atomic E-state index is 11.1. The Kier molecular flexibility index (Phi) is 3.67. The molecule has 0 aromatic heterocycles. The minimum atomic E-state index is -1.12. The number of aliphatic hydroxyl groups excluding tert-OH is 1. The van der Waals surface area contributed by atoms with Crippen LogP contribution in [0.5, 0.6) is 0 Å². The van der Waals surface area contributed by atoms with Gasteiger partial charge in [-0.2, -0.15) is 0 Å². The lowest BCUT2D eigenvalue weighted by atomic mass is 9.65. The summed E-state index contributed by atoms with van der Waals surface area (Å²) in [5, 5.41) is 11.1. The van der Waals surface area contributed by atoms with E-state index < -0.39 is 17.5 Å². The number of rotatable bonds is 4. The van der Waals surface area contributed by atoms with Crippen molar-refractivity contribution in [3.05, 3.63) is 120 Å². The molecule has 0 spiro atoms. The van der Waals surface area contributed by atoms with Crippen LogP contribution >= 0.6 is 0 Å². The van der Waals surface area contributed by atoms with Crippen molar-refractivity contribution in [3.63, 3.8) is 0 Å². The molecule has 1 fully saturated rings. The molecule has 0 bridgehead atoms. The van der Waals surface area contributed by atoms with Gasteiger partial charge >= 0.3 is 0 Å². The van der Waals surface area contributed by atoms with Crippen molar-refractivity contribution in [1.29, 1.82) is 0 Å². The summed E-state index contributed by atoms with van der Waals surface area (Å²) >= 11 is 0. The predicted octanol–water partition coefficient (Wildman–Crippen LogP) is 4.55. The smallest absolute Gasteiger partial charge is 0.251 e. The van der Waals surface area contributed by atoms with Gasteiger partial charge in [0, 0.05) is 0 Å². The van der Waals surface area contributed by atoms with Gasteiger partial charge in [0.25, 0.3) is 5.79 Å². The molecule has 1 saturated heterocycles. The van der Waals surface area contributed by atoms with Gasteiger partial charge in [-0.1, -0.05) is 91.0 Å². The van der Waals surface area contributed by atoms with Crippen molar-refractivity contribution >= 4 is 0 Å². The van der Waals surface area contributed by atoms with E-state index in [1.165, 1.54) is 0 Å². The molecule has 3 nitrogen and oxygen atoms in total. The summed E-state index contributed by atoms with van der Waals surface area (Å²) in [6.07, 6.45) is 2.78. The van der Waals surface area contributed by atoms with E-state index in [0.29, 0.717) is 0 Å². The maximum Gasteiger partial charge on any atom is 0.251 e. The molecule has 3 aromatic rings. The van der Waals surface area contributed by atoms with Crippen LogP contribution in [0.25, 0.3) is 0 Å². The molecule has 27 heavy (non-hydrogen) atoms. The molecule has 5 rings (SSSR count). The molecule has 0 radical (unpaired) electrons. The SMILES string of the molecule is O[C@H](c1ccccc1)[C@@]12OC=C[C@@H]1C(c1ccccc1)(c1ccccc1)O2. The van der Waals surface area contributed by atoms with Gasteiger partial charge in [-0.3, -0.25) is 0 Å². The Balaban J connectivity index is 1.63. The number of benzene rings is 3. The summed E-state index contributed by atoms with van der Waals surface area (Å²) in [5.74, 6) is -1.27. The zero-order valence-corrected chi connectivity index (χ0v) is 14.7. The van der Waals surface area contributed by atoms with Crippen molar-refractivity contribution in [2.75, 3.05) is 0 Å². The van der Waals surface area contributed by atoms with Crippen LogP contribution in [0, 0.1) is 5.92 Å². The summed E-state index contributed by atoms with van der Waals surface area (Å²) in [5.41, 5.74) is 2.19. The van der Waals surface area contributed by atoms with Crippen LogP contribution in [-0.4, -0.2) is 10.9 Å². The first-order valence-corrected chi connectivity index (χ1v) is 9.16. The fourth-order valence-electron chi connectivity index (χ4n) is 4.37. The lowest BCUT2D eigenvalue weighted by Crippen LogP contribution is -2.67. The molecular weight excluding hydrogens is 336 g/mol. The molecule has 3 heteroatoms. The maximum absolute atomic E-state index is 11.1. The first-order chi connectivity index (χ1) is 13.3. The Morgan fingerprint density at radius 2 is 1.26 bits per heavy atom. The Labute approximate surface area is 158 Å². The van der Waals surface area contributed by atoms with Gasteiger partial charge in [0.2, 0.25) is 0 Å². The number of aliphatic hydroxyl groups is 1. The van der Waals surface area contributed by atoms with Crippen LogP contribution in [-0.2, 0) is 15.1 Å². The van der Waals surface area contributed by atoms with E-state index in [1.54, 1.807) is 6.26 Å². The first kappa shape index (κ1) is 16.3. The first-order valence-electron chi connectivity index (χ1n) is 9.16. The molecule has 0 saturated carbocycles. The molecular formula is C24H20O3. The van der Waals surface area contributed by atoms with Crippen LogP contribution in [0.2, 0.25) is 0 Å². The monoisotopic (exact) mass is 356 g/mol. The molecule has 1 N–H and O–H groups in total. The van der Waals surface area contributed by atoms with E-state index in [9.17, 15) is 5.11 Å². The van der Waals surface area contributed by atoms with Crippen molar-refractivity contribution in [2.45, 2.75) is 17.5 Å². The van der Waals surface area contributed by atoms with Gasteiger partial charge in [0.05, 0.1) is 12.2 Å². The second-order valence-electron chi connectivity index (χ2n) is 7.03. The van der Waals surface area contributed by atoms with Crippen LogP contribution in [0.3, 0.4) is 0 Å². The van der Waals surface area contributed by atoms with Crippen molar-refractivity contribution in [1.82, 2.24) is 0 Å². The lowest BCUT2D eigenvalue weighted by Gasteiger charge is -2.59. The molecule has 0 amide bonds. The second kappa shape index (κ2) is 6.08. The fraction of sp³-hybridized carbons (Fsp3) is 0.167. The summed E-state index contributed by atoms with van der Waals surface area (Å²) in [6.45, 7) is 0. The largest absolute Gasteiger partial charge is 0.466 e. The van der Waals surface area contributed by atoms with E-state index >= 15 is 0 Å². The van der Waals surface area contributed by atoms with Crippen molar-refractivity contribution in [3.8, 4) is 0 Å². The van der Waals surface area contributed by atoms with E-state index in [2.05, 4.69) is 24.3 Å². The van der Waals surface area contributed by atoms with E-state index in [-0.39, 0.29) is 5.92 Å². The molecule has 0 aliphatic carbocycles. The van der Waals surface area contributed by atoms with Crippen LogP contribution in [0.4, 0.5) is 0 Å². The van der Waals surface area contributed by atoms with Gasteiger partial charge in [-0.15, -0.1) is 0 Å². The molecule has 3 atom stereocenters. The molecule has 3 aromatic carbocycles. The van der Waals surface area contributed by atoms with Gasteiger partial charge in [0.15, 0.2) is 0 Å². The Morgan fingerprint density at radius 1 is 0.741 bits per heavy atom. The third kappa shape index (κ3) is 2.22. The third-order valence-corrected chi connectivity index (χ3v) is 5.62. The molecule has 2 aliphatic heterocycles. The van der Waals surface area contributed by atoms with Gasteiger partial charge in [-0.05, 0) is 22.8 Å². The highest BCUT2D eigenvalue weighted by Crippen LogP contribution is 2.64. The van der Waals surface area contributed by atoms with Crippen LogP contribution < -0.4 is 0 Å². The topological polar surface area (TPSA) is 38.7 Å². The molecule has 2 aliphatic rings. The summed E-state index contributed by atoms with van der Waals surface area (Å²) < 4.78 is 12.5. The summed E-state index contributed by atoms with van der Waals surface area (Å²) in [7, 11) is 0. The van der Waals surface area contributed by atoms with Crippen molar-refractivity contribution in [2.24, 2.45) is 5.92 Å². The summed E-state index contributed by atoms with van der Waals surface area (Å²) in [6, 6.07) is 29.8. The van der Waals surface area contributed by atoms with Gasteiger partial charge < -0.3 is 14.6 Å². The average Bonchev–Trinajstić information content (AvgIpc) is 3.09. The van der Waals surface area contributed by atoms with E-state index in [4.69, 9.17) is 9.47 Å². The highest BCUT2D eigenvalue weighted by molar-refractivity contribution is 5.45. The summed E-state index contributed by atoms with van der Waals surface area (Å²) in [4.78, 5) is 0. The number of fused-ring (bicyclic) bond motifs is 1. The number of hydrogen-bond donors (Lipinski definition) is 1. The van der Waals surface area contributed by atoms with Crippen LogP contribution in [0.15, 0.2) is 103 Å². The van der Waals surface area contributed by atoms with E-state index in [1.807, 2.05) is 72.8 Å². The lowest BCUT2D eigenvalue weighted by molar-refractivity contribution is -0.413. The zero-order chi connectivity index (χ0) is 18.3. The molecule has 134 valence electrons. The minimum absolute atomic E-state index is 0.148. The Hall–Kier alpha value is -2.88. The highest BCUT2D eigenvalue weighted by Gasteiger charge is 2.72.